The van der Waals surface area contributed by atoms with Gasteiger partial charge in [0.2, 0.25) is 5.88 Å². The van der Waals surface area contributed by atoms with Crippen molar-refractivity contribution in [1.29, 1.82) is 0 Å². The first-order valence-electron chi connectivity index (χ1n) is 8.34. The van der Waals surface area contributed by atoms with Crippen LogP contribution >= 0.6 is 11.6 Å². The minimum Gasteiger partial charge on any atom is -0.497 e. The fraction of sp³-hybridized carbons (Fsp3) is 0.250. The molecule has 1 aromatic heterocycles. The highest BCUT2D eigenvalue weighted by atomic mass is 35.5. The maximum atomic E-state index is 6.02. The van der Waals surface area contributed by atoms with E-state index in [1.165, 1.54) is 0 Å². The molecule has 0 unspecified atom stereocenters. The van der Waals surface area contributed by atoms with Gasteiger partial charge in [0.05, 0.1) is 18.4 Å². The quantitative estimate of drug-likeness (QED) is 0.625. The molecule has 5 nitrogen and oxygen atoms in total. The first-order chi connectivity index (χ1) is 12.6. The van der Waals surface area contributed by atoms with Gasteiger partial charge in [0.15, 0.2) is 0 Å². The number of nitrogens with zero attached hydrogens (tertiary/aromatic N) is 3. The van der Waals surface area contributed by atoms with Crippen LogP contribution in [0.4, 0.5) is 0 Å². The van der Waals surface area contributed by atoms with Crippen molar-refractivity contribution in [3.8, 4) is 28.4 Å². The molecule has 3 aromatic rings. The Morgan fingerprint density at radius 1 is 1.04 bits per heavy atom. The monoisotopic (exact) mass is 371 g/mol. The molecule has 2 aromatic carbocycles. The van der Waals surface area contributed by atoms with Crippen molar-refractivity contribution in [3.05, 3.63) is 59.8 Å². The molecule has 0 bridgehead atoms. The Hall–Kier alpha value is -2.50. The van der Waals surface area contributed by atoms with E-state index in [1.54, 1.807) is 7.11 Å². The van der Waals surface area contributed by atoms with Crippen molar-refractivity contribution in [2.24, 2.45) is 0 Å². The van der Waals surface area contributed by atoms with Gasteiger partial charge in [0.1, 0.15) is 12.4 Å². The second-order valence-electron chi connectivity index (χ2n) is 6.15. The van der Waals surface area contributed by atoms with Gasteiger partial charge in [-0.3, -0.25) is 0 Å². The molecule has 0 aliphatic heterocycles. The van der Waals surface area contributed by atoms with Gasteiger partial charge >= 0.3 is 0 Å². The summed E-state index contributed by atoms with van der Waals surface area (Å²) in [4.78, 5) is 2.07. The summed E-state index contributed by atoms with van der Waals surface area (Å²) >= 11 is 6.02. The lowest BCUT2D eigenvalue weighted by Crippen LogP contribution is -2.19. The summed E-state index contributed by atoms with van der Waals surface area (Å²) in [6.45, 7) is 1.38. The normalized spacial score (nSPS) is 11.0. The highest BCUT2D eigenvalue weighted by Gasteiger charge is 2.14. The Morgan fingerprint density at radius 3 is 2.35 bits per heavy atom. The second kappa shape index (κ2) is 8.25. The maximum absolute atomic E-state index is 6.02. The minimum absolute atomic E-state index is 0.563. The van der Waals surface area contributed by atoms with Gasteiger partial charge in [-0.1, -0.05) is 23.7 Å². The molecule has 0 saturated carbocycles. The zero-order valence-electron chi connectivity index (χ0n) is 15.1. The SMILES string of the molecule is COc1ccc(-n2cc(-c3ccc(Cl)cc3)c(OCCN(C)C)n2)cc1. The largest absolute Gasteiger partial charge is 0.497 e. The Labute approximate surface area is 158 Å². The summed E-state index contributed by atoms with van der Waals surface area (Å²) in [6.07, 6.45) is 1.97. The number of methoxy groups -OCH3 is 1. The summed E-state index contributed by atoms with van der Waals surface area (Å²) in [5.74, 6) is 1.41. The smallest absolute Gasteiger partial charge is 0.241 e. The lowest BCUT2D eigenvalue weighted by molar-refractivity contribution is 0.253. The minimum atomic E-state index is 0.563. The van der Waals surface area contributed by atoms with Crippen molar-refractivity contribution in [3.63, 3.8) is 0 Å². The fourth-order valence-corrected chi connectivity index (χ4v) is 2.61. The van der Waals surface area contributed by atoms with Gasteiger partial charge < -0.3 is 14.4 Å². The number of likely N-dealkylation sites (N-methyl/N-ethyl adjacent to an activating group) is 1. The number of hydrogen-bond donors (Lipinski definition) is 0. The summed E-state index contributed by atoms with van der Waals surface area (Å²) in [5, 5.41) is 5.33. The van der Waals surface area contributed by atoms with Gasteiger partial charge in [-0.15, -0.1) is 5.10 Å². The molecule has 0 amide bonds. The third-order valence-electron chi connectivity index (χ3n) is 3.95. The first-order valence-corrected chi connectivity index (χ1v) is 8.72. The molecule has 0 aliphatic carbocycles. The van der Waals surface area contributed by atoms with Crippen LogP contribution in [-0.2, 0) is 0 Å². The van der Waals surface area contributed by atoms with Crippen LogP contribution in [-0.4, -0.2) is 49.0 Å². The Bertz CT molecular complexity index is 842. The molecule has 1 heterocycles. The molecule has 26 heavy (non-hydrogen) atoms. The van der Waals surface area contributed by atoms with Crippen LogP contribution in [0.15, 0.2) is 54.7 Å². The van der Waals surface area contributed by atoms with E-state index < -0.39 is 0 Å². The van der Waals surface area contributed by atoms with Crippen molar-refractivity contribution in [2.75, 3.05) is 34.4 Å². The average molecular weight is 372 g/mol. The third-order valence-corrected chi connectivity index (χ3v) is 4.20. The highest BCUT2D eigenvalue weighted by molar-refractivity contribution is 6.30. The van der Waals surface area contributed by atoms with E-state index in [-0.39, 0.29) is 0 Å². The number of aromatic nitrogens is 2. The third kappa shape index (κ3) is 4.36. The van der Waals surface area contributed by atoms with E-state index in [9.17, 15) is 0 Å². The van der Waals surface area contributed by atoms with Gasteiger partial charge in [0.25, 0.3) is 0 Å². The maximum Gasteiger partial charge on any atom is 0.241 e. The zero-order chi connectivity index (χ0) is 18.5. The van der Waals surface area contributed by atoms with Crippen LogP contribution in [0.3, 0.4) is 0 Å². The molecule has 0 fully saturated rings. The topological polar surface area (TPSA) is 39.5 Å². The lowest BCUT2D eigenvalue weighted by Gasteiger charge is -2.10. The number of hydrogen-bond acceptors (Lipinski definition) is 4. The number of benzene rings is 2. The van der Waals surface area contributed by atoms with E-state index in [2.05, 4.69) is 10.00 Å². The van der Waals surface area contributed by atoms with Crippen molar-refractivity contribution < 1.29 is 9.47 Å². The standard InChI is InChI=1S/C20H22ClN3O2/c1-23(2)12-13-26-20-19(15-4-6-16(21)7-5-15)14-24(22-20)17-8-10-18(25-3)11-9-17/h4-11,14H,12-13H2,1-3H3. The van der Waals surface area contributed by atoms with Gasteiger partial charge in [0, 0.05) is 17.8 Å². The van der Waals surface area contributed by atoms with E-state index in [4.69, 9.17) is 21.1 Å². The first kappa shape index (κ1) is 18.3. The lowest BCUT2D eigenvalue weighted by atomic mass is 10.1. The van der Waals surface area contributed by atoms with Crippen LogP contribution in [0.25, 0.3) is 16.8 Å². The summed E-state index contributed by atoms with van der Waals surface area (Å²) in [6, 6.07) is 15.4. The van der Waals surface area contributed by atoms with Crippen LogP contribution < -0.4 is 9.47 Å². The van der Waals surface area contributed by atoms with Crippen LogP contribution in [0, 0.1) is 0 Å². The molecule has 6 heteroatoms. The Balaban J connectivity index is 1.94. The average Bonchev–Trinajstić information content (AvgIpc) is 3.06. The number of rotatable bonds is 7. The zero-order valence-corrected chi connectivity index (χ0v) is 15.9. The molecule has 136 valence electrons. The van der Waals surface area contributed by atoms with E-state index >= 15 is 0 Å². The van der Waals surface area contributed by atoms with Crippen LogP contribution in [0.5, 0.6) is 11.6 Å². The highest BCUT2D eigenvalue weighted by Crippen LogP contribution is 2.31. The predicted octanol–water partition coefficient (Wildman–Crippen LogP) is 4.14. The summed E-state index contributed by atoms with van der Waals surface area (Å²) < 4.78 is 13.0. The molecule has 3 rings (SSSR count). The summed E-state index contributed by atoms with van der Waals surface area (Å²) in [7, 11) is 5.68. The van der Waals surface area contributed by atoms with Gasteiger partial charge in [-0.25, -0.2) is 4.68 Å². The molecule has 0 aliphatic rings. The van der Waals surface area contributed by atoms with Crippen LogP contribution in [0.1, 0.15) is 0 Å². The molecule has 0 saturated heterocycles. The Kier molecular flexibility index (Phi) is 5.81. The van der Waals surface area contributed by atoms with E-state index in [0.717, 1.165) is 29.1 Å². The van der Waals surface area contributed by atoms with E-state index in [1.807, 2.05) is 73.5 Å². The number of halogens is 1. The molecular weight excluding hydrogens is 350 g/mol. The van der Waals surface area contributed by atoms with Crippen molar-refractivity contribution in [1.82, 2.24) is 14.7 Å². The van der Waals surface area contributed by atoms with Crippen molar-refractivity contribution in [2.45, 2.75) is 0 Å². The second-order valence-corrected chi connectivity index (χ2v) is 6.59. The fourth-order valence-electron chi connectivity index (χ4n) is 2.48. The molecule has 0 N–H and O–H groups in total. The molecule has 0 radical (unpaired) electrons. The van der Waals surface area contributed by atoms with Crippen LogP contribution in [0.2, 0.25) is 5.02 Å². The predicted molar refractivity (Wildman–Crippen MR) is 105 cm³/mol. The number of ether oxygens (including phenoxy) is 2. The Morgan fingerprint density at radius 2 is 1.73 bits per heavy atom. The molecular formula is C20H22ClN3O2. The molecule has 0 spiro atoms. The van der Waals surface area contributed by atoms with Crippen molar-refractivity contribution >= 4 is 11.6 Å². The summed E-state index contributed by atoms with van der Waals surface area (Å²) in [5.41, 5.74) is 2.87. The van der Waals surface area contributed by atoms with Gasteiger partial charge in [-0.2, -0.15) is 0 Å². The van der Waals surface area contributed by atoms with Gasteiger partial charge in [-0.05, 0) is 56.1 Å². The molecule has 0 atom stereocenters. The van der Waals surface area contributed by atoms with E-state index in [0.29, 0.717) is 17.5 Å².